The zero-order valence-electron chi connectivity index (χ0n) is 11.3. The fourth-order valence-electron chi connectivity index (χ4n) is 1.61. The van der Waals surface area contributed by atoms with E-state index in [4.69, 9.17) is 10.5 Å². The Labute approximate surface area is 109 Å². The molecule has 1 rings (SSSR count). The molecule has 0 saturated heterocycles. The van der Waals surface area contributed by atoms with Gasteiger partial charge in [-0.25, -0.2) is 0 Å². The Kier molecular flexibility index (Phi) is 5.65. The fourth-order valence-corrected chi connectivity index (χ4v) is 1.61. The Morgan fingerprint density at radius 1 is 1.44 bits per heavy atom. The molecule has 1 aromatic carbocycles. The van der Waals surface area contributed by atoms with Gasteiger partial charge in [0.05, 0.1) is 13.0 Å². The molecule has 100 valence electrons. The zero-order valence-corrected chi connectivity index (χ0v) is 11.3. The van der Waals surface area contributed by atoms with E-state index < -0.39 is 0 Å². The predicted octanol–water partition coefficient (Wildman–Crippen LogP) is 1.43. The molecule has 0 aliphatic heterocycles. The lowest BCUT2D eigenvalue weighted by Gasteiger charge is -2.12. The second-order valence-corrected chi connectivity index (χ2v) is 4.72. The number of rotatable bonds is 6. The van der Waals surface area contributed by atoms with Crippen LogP contribution in [0.1, 0.15) is 18.9 Å². The molecule has 0 heterocycles. The first kappa shape index (κ1) is 14.5. The number of ether oxygens (including phenoxy) is 1. The van der Waals surface area contributed by atoms with Crippen LogP contribution in [0.25, 0.3) is 0 Å². The van der Waals surface area contributed by atoms with Crippen LogP contribution < -0.4 is 10.5 Å². The number of hydrogen-bond donors (Lipinski definition) is 1. The standard InChI is InChI=1S/C14H22N2O2/c1-11(15)9-12-5-4-6-13(10-12)18-8-7-14(17)16(2)3/h4-6,10-11H,7-9,15H2,1-3H3. The van der Waals surface area contributed by atoms with E-state index in [9.17, 15) is 4.79 Å². The second kappa shape index (κ2) is 7.01. The Morgan fingerprint density at radius 2 is 2.17 bits per heavy atom. The van der Waals surface area contributed by atoms with Crippen molar-refractivity contribution < 1.29 is 9.53 Å². The lowest BCUT2D eigenvalue weighted by Crippen LogP contribution is -2.23. The summed E-state index contributed by atoms with van der Waals surface area (Å²) in [5.41, 5.74) is 6.91. The number of carbonyl (C=O) groups is 1. The van der Waals surface area contributed by atoms with Crippen molar-refractivity contribution in [2.24, 2.45) is 5.73 Å². The topological polar surface area (TPSA) is 55.6 Å². The number of amides is 1. The van der Waals surface area contributed by atoms with Crippen LogP contribution in [-0.2, 0) is 11.2 Å². The van der Waals surface area contributed by atoms with E-state index in [2.05, 4.69) is 0 Å². The summed E-state index contributed by atoms with van der Waals surface area (Å²) in [6, 6.07) is 7.98. The van der Waals surface area contributed by atoms with Gasteiger partial charge in [0.15, 0.2) is 0 Å². The first-order valence-corrected chi connectivity index (χ1v) is 6.16. The molecule has 0 spiro atoms. The van der Waals surface area contributed by atoms with E-state index in [1.165, 1.54) is 0 Å². The second-order valence-electron chi connectivity index (χ2n) is 4.72. The first-order chi connectivity index (χ1) is 8.49. The minimum absolute atomic E-state index is 0.0711. The van der Waals surface area contributed by atoms with Crippen molar-refractivity contribution in [3.8, 4) is 5.75 Å². The normalized spacial score (nSPS) is 12.0. The van der Waals surface area contributed by atoms with Crippen molar-refractivity contribution in [3.63, 3.8) is 0 Å². The van der Waals surface area contributed by atoms with E-state index in [0.29, 0.717) is 13.0 Å². The minimum Gasteiger partial charge on any atom is -0.493 e. The Balaban J connectivity index is 2.45. The van der Waals surface area contributed by atoms with E-state index >= 15 is 0 Å². The van der Waals surface area contributed by atoms with Gasteiger partial charge >= 0.3 is 0 Å². The van der Waals surface area contributed by atoms with Gasteiger partial charge in [0, 0.05) is 20.1 Å². The molecule has 2 N–H and O–H groups in total. The number of carbonyl (C=O) groups excluding carboxylic acids is 1. The van der Waals surface area contributed by atoms with E-state index in [0.717, 1.165) is 17.7 Å². The maximum Gasteiger partial charge on any atom is 0.225 e. The smallest absolute Gasteiger partial charge is 0.225 e. The summed E-state index contributed by atoms with van der Waals surface area (Å²) in [4.78, 5) is 12.9. The number of nitrogens with two attached hydrogens (primary N) is 1. The highest BCUT2D eigenvalue weighted by Gasteiger charge is 2.04. The summed E-state index contributed by atoms with van der Waals surface area (Å²) in [7, 11) is 3.48. The molecule has 18 heavy (non-hydrogen) atoms. The molecular weight excluding hydrogens is 228 g/mol. The summed E-state index contributed by atoms with van der Waals surface area (Å²) in [6.45, 7) is 2.38. The molecule has 0 saturated carbocycles. The molecule has 0 aromatic heterocycles. The van der Waals surface area contributed by atoms with E-state index in [1.54, 1.807) is 19.0 Å². The van der Waals surface area contributed by atoms with Crippen LogP contribution in [0.15, 0.2) is 24.3 Å². The van der Waals surface area contributed by atoms with E-state index in [-0.39, 0.29) is 11.9 Å². The highest BCUT2D eigenvalue weighted by molar-refractivity contribution is 5.75. The average molecular weight is 250 g/mol. The van der Waals surface area contributed by atoms with Gasteiger partial charge in [-0.1, -0.05) is 12.1 Å². The highest BCUT2D eigenvalue weighted by Crippen LogP contribution is 2.14. The lowest BCUT2D eigenvalue weighted by atomic mass is 10.1. The lowest BCUT2D eigenvalue weighted by molar-refractivity contribution is -0.129. The summed E-state index contributed by atoms with van der Waals surface area (Å²) in [6.07, 6.45) is 1.22. The van der Waals surface area contributed by atoms with Crippen molar-refractivity contribution in [2.75, 3.05) is 20.7 Å². The molecule has 4 nitrogen and oxygen atoms in total. The third kappa shape index (κ3) is 5.19. The van der Waals surface area contributed by atoms with Crippen molar-refractivity contribution in [3.05, 3.63) is 29.8 Å². The van der Waals surface area contributed by atoms with Crippen LogP contribution in [0.4, 0.5) is 0 Å². The van der Waals surface area contributed by atoms with Crippen molar-refractivity contribution in [2.45, 2.75) is 25.8 Å². The number of nitrogens with zero attached hydrogens (tertiary/aromatic N) is 1. The molecule has 0 radical (unpaired) electrons. The third-order valence-corrected chi connectivity index (χ3v) is 2.54. The maximum absolute atomic E-state index is 11.4. The Bertz CT molecular complexity index is 389. The van der Waals surface area contributed by atoms with Crippen molar-refractivity contribution >= 4 is 5.91 Å². The quantitative estimate of drug-likeness (QED) is 0.831. The van der Waals surface area contributed by atoms with Gasteiger partial charge in [-0.2, -0.15) is 0 Å². The molecule has 0 aliphatic carbocycles. The van der Waals surface area contributed by atoms with E-state index in [1.807, 2.05) is 31.2 Å². The summed E-state index contributed by atoms with van der Waals surface area (Å²) in [5, 5.41) is 0. The maximum atomic E-state index is 11.4. The third-order valence-electron chi connectivity index (χ3n) is 2.54. The molecule has 0 fully saturated rings. The largest absolute Gasteiger partial charge is 0.493 e. The van der Waals surface area contributed by atoms with Crippen LogP contribution in [0.5, 0.6) is 5.75 Å². The van der Waals surface area contributed by atoms with Gasteiger partial charge in [-0.3, -0.25) is 4.79 Å². The van der Waals surface area contributed by atoms with Crippen LogP contribution >= 0.6 is 0 Å². The molecule has 1 atom stereocenters. The monoisotopic (exact) mass is 250 g/mol. The van der Waals surface area contributed by atoms with Crippen LogP contribution in [0.2, 0.25) is 0 Å². The summed E-state index contributed by atoms with van der Waals surface area (Å²) in [5.74, 6) is 0.862. The number of benzene rings is 1. The van der Waals surface area contributed by atoms with Crippen molar-refractivity contribution in [1.29, 1.82) is 0 Å². The summed E-state index contributed by atoms with van der Waals surface area (Å²) < 4.78 is 5.56. The minimum atomic E-state index is 0.0711. The molecule has 0 bridgehead atoms. The van der Waals surface area contributed by atoms with Crippen LogP contribution in [-0.4, -0.2) is 37.6 Å². The molecule has 0 aliphatic rings. The van der Waals surface area contributed by atoms with Gasteiger partial charge in [-0.15, -0.1) is 0 Å². The average Bonchev–Trinajstić information content (AvgIpc) is 2.28. The van der Waals surface area contributed by atoms with Gasteiger partial charge < -0.3 is 15.4 Å². The predicted molar refractivity (Wildman–Crippen MR) is 72.6 cm³/mol. The SMILES string of the molecule is CC(N)Cc1cccc(OCCC(=O)N(C)C)c1. The van der Waals surface area contributed by atoms with Crippen molar-refractivity contribution in [1.82, 2.24) is 4.90 Å². The molecule has 4 heteroatoms. The first-order valence-electron chi connectivity index (χ1n) is 6.16. The number of hydrogen-bond acceptors (Lipinski definition) is 3. The van der Waals surface area contributed by atoms with Gasteiger partial charge in [0.25, 0.3) is 0 Å². The Hall–Kier alpha value is -1.55. The Morgan fingerprint density at radius 3 is 2.78 bits per heavy atom. The summed E-state index contributed by atoms with van der Waals surface area (Å²) >= 11 is 0. The van der Waals surface area contributed by atoms with Gasteiger partial charge in [0.1, 0.15) is 5.75 Å². The van der Waals surface area contributed by atoms with Gasteiger partial charge in [-0.05, 0) is 31.0 Å². The van der Waals surface area contributed by atoms with Crippen LogP contribution in [0.3, 0.4) is 0 Å². The molecule has 1 unspecified atom stereocenters. The molecule has 1 amide bonds. The molecule has 1 aromatic rings. The molecular formula is C14H22N2O2. The van der Waals surface area contributed by atoms with Gasteiger partial charge in [0.2, 0.25) is 5.91 Å². The fraction of sp³-hybridized carbons (Fsp3) is 0.500. The highest BCUT2D eigenvalue weighted by atomic mass is 16.5. The van der Waals surface area contributed by atoms with Crippen LogP contribution in [0, 0.1) is 0 Å². The zero-order chi connectivity index (χ0) is 13.5.